The fraction of sp³-hybridized carbons (Fsp3) is 0.143. The van der Waals surface area contributed by atoms with Gasteiger partial charge in [-0.2, -0.15) is 0 Å². The minimum absolute atomic E-state index is 0.0999. The molecule has 0 aliphatic rings. The maximum absolute atomic E-state index is 9.35. The quantitative estimate of drug-likeness (QED) is 0.493. The molecular weight excluding hydrogens is 230 g/mol. The molecule has 18 heavy (non-hydrogen) atoms. The number of benzene rings is 2. The molecule has 0 atom stereocenters. The topological polar surface area (TPSA) is 72.7 Å². The average molecular weight is 245 g/mol. The smallest absolute Gasteiger partial charge is 0.157 e. The summed E-state index contributed by atoms with van der Waals surface area (Å²) in [5, 5.41) is 30.9. The van der Waals surface area contributed by atoms with Crippen molar-refractivity contribution in [2.24, 2.45) is 0 Å². The Labute approximate surface area is 105 Å². The van der Waals surface area contributed by atoms with Crippen LogP contribution in [0.4, 0.5) is 5.69 Å². The van der Waals surface area contributed by atoms with Gasteiger partial charge in [-0.05, 0) is 48.4 Å². The number of hydrogen-bond acceptors (Lipinski definition) is 4. The summed E-state index contributed by atoms with van der Waals surface area (Å²) >= 11 is 0. The van der Waals surface area contributed by atoms with E-state index in [2.05, 4.69) is 5.32 Å². The van der Waals surface area contributed by atoms with Crippen LogP contribution < -0.4 is 5.32 Å². The molecule has 0 aliphatic carbocycles. The third kappa shape index (κ3) is 3.07. The second-order valence-electron chi connectivity index (χ2n) is 4.05. The Balaban J connectivity index is 1.88. The van der Waals surface area contributed by atoms with Gasteiger partial charge in [0, 0.05) is 12.2 Å². The first-order chi connectivity index (χ1) is 8.65. The first-order valence-electron chi connectivity index (χ1n) is 5.69. The molecule has 2 aromatic rings. The molecule has 0 heterocycles. The van der Waals surface area contributed by atoms with Crippen LogP contribution in [0, 0.1) is 0 Å². The second-order valence-corrected chi connectivity index (χ2v) is 4.05. The van der Waals surface area contributed by atoms with Crippen LogP contribution in [0.1, 0.15) is 5.56 Å². The van der Waals surface area contributed by atoms with E-state index in [0.717, 1.165) is 17.7 Å². The van der Waals surface area contributed by atoms with Gasteiger partial charge in [-0.1, -0.05) is 6.07 Å². The van der Waals surface area contributed by atoms with Crippen molar-refractivity contribution in [3.63, 3.8) is 0 Å². The Morgan fingerprint density at radius 3 is 2.22 bits per heavy atom. The van der Waals surface area contributed by atoms with Gasteiger partial charge in [-0.15, -0.1) is 0 Å². The van der Waals surface area contributed by atoms with Crippen LogP contribution in [0.5, 0.6) is 17.2 Å². The lowest BCUT2D eigenvalue weighted by molar-refractivity contribution is 0.403. The van der Waals surface area contributed by atoms with Crippen LogP contribution in [0.3, 0.4) is 0 Å². The van der Waals surface area contributed by atoms with Crippen molar-refractivity contribution < 1.29 is 15.3 Å². The summed E-state index contributed by atoms with van der Waals surface area (Å²) < 4.78 is 0. The first-order valence-corrected chi connectivity index (χ1v) is 5.69. The Hall–Kier alpha value is -2.36. The van der Waals surface area contributed by atoms with Gasteiger partial charge in [0.25, 0.3) is 0 Å². The Kier molecular flexibility index (Phi) is 3.57. The van der Waals surface area contributed by atoms with E-state index in [1.165, 1.54) is 6.07 Å². The lowest BCUT2D eigenvalue weighted by Crippen LogP contribution is -2.04. The van der Waals surface area contributed by atoms with Crippen LogP contribution >= 0.6 is 0 Å². The van der Waals surface area contributed by atoms with Crippen molar-refractivity contribution in [1.82, 2.24) is 0 Å². The number of hydrogen-bond donors (Lipinski definition) is 4. The maximum atomic E-state index is 9.35. The third-order valence-corrected chi connectivity index (χ3v) is 2.65. The molecule has 0 aliphatic heterocycles. The summed E-state index contributed by atoms with van der Waals surface area (Å²) in [4.78, 5) is 0. The highest BCUT2D eigenvalue weighted by Crippen LogP contribution is 2.25. The number of anilines is 1. The zero-order chi connectivity index (χ0) is 13.0. The zero-order valence-corrected chi connectivity index (χ0v) is 9.80. The summed E-state index contributed by atoms with van der Waals surface area (Å²) in [6.07, 6.45) is 0.731. The predicted molar refractivity (Wildman–Crippen MR) is 70.1 cm³/mol. The highest BCUT2D eigenvalue weighted by molar-refractivity contribution is 5.46. The number of nitrogens with one attached hydrogen (secondary N) is 1. The van der Waals surface area contributed by atoms with Crippen molar-refractivity contribution in [3.8, 4) is 17.2 Å². The standard InChI is InChI=1S/C14H15NO3/c16-12-4-2-11(3-5-12)15-8-7-10-1-6-13(17)14(18)9-10/h1-6,9,15-18H,7-8H2. The van der Waals surface area contributed by atoms with Gasteiger partial charge >= 0.3 is 0 Å². The molecule has 4 heteroatoms. The van der Waals surface area contributed by atoms with E-state index in [4.69, 9.17) is 5.11 Å². The highest BCUT2D eigenvalue weighted by atomic mass is 16.3. The number of phenolic OH excluding ortho intramolecular Hbond substituents is 3. The fourth-order valence-corrected chi connectivity index (χ4v) is 1.65. The van der Waals surface area contributed by atoms with E-state index >= 15 is 0 Å². The molecule has 0 radical (unpaired) electrons. The van der Waals surface area contributed by atoms with Gasteiger partial charge in [-0.25, -0.2) is 0 Å². The van der Waals surface area contributed by atoms with E-state index in [1.807, 2.05) is 0 Å². The van der Waals surface area contributed by atoms with E-state index in [9.17, 15) is 10.2 Å². The van der Waals surface area contributed by atoms with E-state index in [1.54, 1.807) is 36.4 Å². The Morgan fingerprint density at radius 1 is 0.833 bits per heavy atom. The van der Waals surface area contributed by atoms with Crippen molar-refractivity contribution in [2.75, 3.05) is 11.9 Å². The summed E-state index contributed by atoms with van der Waals surface area (Å²) in [5.41, 5.74) is 1.87. The Bertz CT molecular complexity index is 523. The van der Waals surface area contributed by atoms with E-state index in [-0.39, 0.29) is 17.2 Å². The molecule has 94 valence electrons. The average Bonchev–Trinajstić information content (AvgIpc) is 2.36. The van der Waals surface area contributed by atoms with Gasteiger partial charge in [0.15, 0.2) is 11.5 Å². The SMILES string of the molecule is Oc1ccc(NCCc2ccc(O)c(O)c2)cc1. The van der Waals surface area contributed by atoms with E-state index < -0.39 is 0 Å². The third-order valence-electron chi connectivity index (χ3n) is 2.65. The summed E-state index contributed by atoms with van der Waals surface area (Å²) in [7, 11) is 0. The first kappa shape index (κ1) is 12.1. The molecular formula is C14H15NO3. The minimum atomic E-state index is -0.106. The molecule has 0 spiro atoms. The van der Waals surface area contributed by atoms with Crippen molar-refractivity contribution in [3.05, 3.63) is 48.0 Å². The van der Waals surface area contributed by atoms with Crippen LogP contribution in [-0.2, 0) is 6.42 Å². The summed E-state index contributed by atoms with van der Waals surface area (Å²) in [6, 6.07) is 11.6. The van der Waals surface area contributed by atoms with Crippen molar-refractivity contribution in [2.45, 2.75) is 6.42 Å². The van der Waals surface area contributed by atoms with Gasteiger partial charge in [0.2, 0.25) is 0 Å². The van der Waals surface area contributed by atoms with Crippen LogP contribution in [0.25, 0.3) is 0 Å². The van der Waals surface area contributed by atoms with E-state index in [0.29, 0.717) is 6.54 Å². The molecule has 0 unspecified atom stereocenters. The second kappa shape index (κ2) is 5.31. The lowest BCUT2D eigenvalue weighted by Gasteiger charge is -2.07. The molecule has 0 aromatic heterocycles. The molecule has 0 bridgehead atoms. The predicted octanol–water partition coefficient (Wildman–Crippen LogP) is 2.46. The zero-order valence-electron chi connectivity index (χ0n) is 9.80. The molecule has 4 N–H and O–H groups in total. The molecule has 0 saturated carbocycles. The summed E-state index contributed by atoms with van der Waals surface area (Å²) in [6.45, 7) is 0.703. The summed E-state index contributed by atoms with van der Waals surface area (Å²) in [5.74, 6) is 0.0337. The van der Waals surface area contributed by atoms with Crippen molar-refractivity contribution in [1.29, 1.82) is 0 Å². The largest absolute Gasteiger partial charge is 0.508 e. The highest BCUT2D eigenvalue weighted by Gasteiger charge is 2.00. The van der Waals surface area contributed by atoms with Gasteiger partial charge in [0.1, 0.15) is 5.75 Å². The molecule has 2 aromatic carbocycles. The maximum Gasteiger partial charge on any atom is 0.157 e. The lowest BCUT2D eigenvalue weighted by atomic mass is 10.1. The number of aromatic hydroxyl groups is 3. The van der Waals surface area contributed by atoms with Gasteiger partial charge in [-0.3, -0.25) is 0 Å². The van der Waals surface area contributed by atoms with Crippen LogP contribution in [-0.4, -0.2) is 21.9 Å². The van der Waals surface area contributed by atoms with Gasteiger partial charge in [0.05, 0.1) is 0 Å². The molecule has 2 rings (SSSR count). The molecule has 0 fully saturated rings. The molecule has 0 amide bonds. The normalized spacial score (nSPS) is 10.2. The van der Waals surface area contributed by atoms with Crippen molar-refractivity contribution >= 4 is 5.69 Å². The van der Waals surface area contributed by atoms with Gasteiger partial charge < -0.3 is 20.6 Å². The van der Waals surface area contributed by atoms with Crippen LogP contribution in [0.15, 0.2) is 42.5 Å². The fourth-order valence-electron chi connectivity index (χ4n) is 1.65. The molecule has 0 saturated heterocycles. The minimum Gasteiger partial charge on any atom is -0.508 e. The molecule has 4 nitrogen and oxygen atoms in total. The monoisotopic (exact) mass is 245 g/mol. The number of rotatable bonds is 4. The number of phenols is 3. The Morgan fingerprint density at radius 2 is 1.56 bits per heavy atom. The van der Waals surface area contributed by atoms with Crippen LogP contribution in [0.2, 0.25) is 0 Å².